The number of hydrogen-bond donors (Lipinski definition) is 1. The minimum Gasteiger partial charge on any atom is -0.480 e. The Balaban J connectivity index is 1.94. The van der Waals surface area contributed by atoms with Gasteiger partial charge in [-0.25, -0.2) is 9.18 Å². The molecule has 0 spiro atoms. The summed E-state index contributed by atoms with van der Waals surface area (Å²) >= 11 is 0. The van der Waals surface area contributed by atoms with Gasteiger partial charge in [-0.05, 0) is 11.6 Å². The van der Waals surface area contributed by atoms with Crippen molar-refractivity contribution < 1.29 is 23.4 Å². The van der Waals surface area contributed by atoms with Crippen LogP contribution in [0.25, 0.3) is 0 Å². The molecule has 0 radical (unpaired) electrons. The molecule has 0 bridgehead atoms. The zero-order chi connectivity index (χ0) is 13.7. The van der Waals surface area contributed by atoms with Crippen molar-refractivity contribution in [2.75, 3.05) is 6.61 Å². The van der Waals surface area contributed by atoms with Crippen LogP contribution in [0.3, 0.4) is 0 Å². The number of aromatic nitrogens is 2. The summed E-state index contributed by atoms with van der Waals surface area (Å²) < 4.78 is 23.4. The van der Waals surface area contributed by atoms with Crippen molar-refractivity contribution in [2.24, 2.45) is 0 Å². The monoisotopic (exact) mass is 266 g/mol. The maximum absolute atomic E-state index is 13.4. The van der Waals surface area contributed by atoms with Crippen LogP contribution in [0, 0.1) is 5.82 Å². The molecule has 0 atom stereocenters. The van der Waals surface area contributed by atoms with E-state index in [1.54, 1.807) is 18.2 Å². The first-order valence-electron chi connectivity index (χ1n) is 5.49. The van der Waals surface area contributed by atoms with Gasteiger partial charge in [0.1, 0.15) is 19.0 Å². The van der Waals surface area contributed by atoms with Crippen molar-refractivity contribution in [3.8, 4) is 0 Å². The van der Waals surface area contributed by atoms with Gasteiger partial charge in [0.15, 0.2) is 0 Å². The normalized spacial score (nSPS) is 10.6. The Hall–Kier alpha value is -2.28. The number of benzene rings is 1. The van der Waals surface area contributed by atoms with Crippen molar-refractivity contribution in [1.29, 1.82) is 0 Å². The van der Waals surface area contributed by atoms with Gasteiger partial charge in [0.25, 0.3) is 0 Å². The van der Waals surface area contributed by atoms with Crippen LogP contribution >= 0.6 is 0 Å². The Morgan fingerprint density at radius 3 is 2.79 bits per heavy atom. The van der Waals surface area contributed by atoms with Gasteiger partial charge in [0.05, 0.1) is 6.42 Å². The summed E-state index contributed by atoms with van der Waals surface area (Å²) in [4.78, 5) is 10.2. The molecule has 1 heterocycles. The summed E-state index contributed by atoms with van der Waals surface area (Å²) in [6.45, 7) is -0.526. The van der Waals surface area contributed by atoms with E-state index in [1.165, 1.54) is 6.07 Å². The molecule has 0 aliphatic heterocycles. The first-order chi connectivity index (χ1) is 9.15. The molecule has 0 fully saturated rings. The maximum Gasteiger partial charge on any atom is 0.329 e. The predicted octanol–water partition coefficient (Wildman–Crippen LogP) is 1.40. The maximum atomic E-state index is 13.4. The molecule has 100 valence electrons. The fraction of sp³-hybridized carbons (Fsp3) is 0.250. The number of carboxylic acid groups (broad SMARTS) is 1. The second-order valence-corrected chi connectivity index (χ2v) is 3.74. The highest BCUT2D eigenvalue weighted by atomic mass is 19.1. The Morgan fingerprint density at radius 2 is 2.05 bits per heavy atom. The molecule has 2 rings (SSSR count). The van der Waals surface area contributed by atoms with Gasteiger partial charge in [-0.3, -0.25) is 0 Å². The van der Waals surface area contributed by atoms with E-state index in [9.17, 15) is 9.18 Å². The number of nitrogens with zero attached hydrogens (tertiary/aromatic N) is 2. The molecule has 0 amide bonds. The van der Waals surface area contributed by atoms with Crippen LogP contribution < -0.4 is 0 Å². The summed E-state index contributed by atoms with van der Waals surface area (Å²) in [7, 11) is 0. The molecule has 0 aliphatic rings. The molecule has 1 N–H and O–H groups in total. The van der Waals surface area contributed by atoms with Crippen molar-refractivity contribution in [3.05, 3.63) is 47.4 Å². The van der Waals surface area contributed by atoms with E-state index >= 15 is 0 Å². The fourth-order valence-corrected chi connectivity index (χ4v) is 1.45. The first kappa shape index (κ1) is 13.2. The molecule has 0 unspecified atom stereocenters. The van der Waals surface area contributed by atoms with Crippen LogP contribution in [0.2, 0.25) is 0 Å². The summed E-state index contributed by atoms with van der Waals surface area (Å²) in [5.74, 6) is -1.01. The van der Waals surface area contributed by atoms with Gasteiger partial charge in [-0.1, -0.05) is 18.2 Å². The molecule has 0 saturated carbocycles. The van der Waals surface area contributed by atoms with Crippen molar-refractivity contribution in [1.82, 2.24) is 10.2 Å². The van der Waals surface area contributed by atoms with Crippen LogP contribution in [0.1, 0.15) is 17.3 Å². The largest absolute Gasteiger partial charge is 0.480 e. The number of halogens is 1. The zero-order valence-electron chi connectivity index (χ0n) is 9.88. The Kier molecular flexibility index (Phi) is 4.19. The van der Waals surface area contributed by atoms with Crippen LogP contribution in [0.15, 0.2) is 28.7 Å². The zero-order valence-corrected chi connectivity index (χ0v) is 9.88. The smallest absolute Gasteiger partial charge is 0.329 e. The lowest BCUT2D eigenvalue weighted by Crippen LogP contribution is -2.06. The van der Waals surface area contributed by atoms with Gasteiger partial charge in [0.2, 0.25) is 11.8 Å². The van der Waals surface area contributed by atoms with Crippen LogP contribution in [-0.2, 0) is 22.6 Å². The third-order valence-electron chi connectivity index (χ3n) is 2.26. The third kappa shape index (κ3) is 3.85. The Labute approximate surface area is 107 Å². The minimum atomic E-state index is -1.08. The van der Waals surface area contributed by atoms with Crippen LogP contribution in [0.4, 0.5) is 4.39 Å². The lowest BCUT2D eigenvalue weighted by molar-refractivity contribution is -0.142. The van der Waals surface area contributed by atoms with E-state index in [1.807, 2.05) is 0 Å². The highest BCUT2D eigenvalue weighted by molar-refractivity contribution is 5.67. The predicted molar refractivity (Wildman–Crippen MR) is 60.8 cm³/mol. The molecule has 6 nitrogen and oxygen atoms in total. The quantitative estimate of drug-likeness (QED) is 0.850. The van der Waals surface area contributed by atoms with Crippen LogP contribution in [-0.4, -0.2) is 27.9 Å². The second-order valence-electron chi connectivity index (χ2n) is 3.74. The van der Waals surface area contributed by atoms with Crippen molar-refractivity contribution in [2.45, 2.75) is 13.0 Å². The van der Waals surface area contributed by atoms with Gasteiger partial charge >= 0.3 is 5.97 Å². The number of hydrogen-bond acceptors (Lipinski definition) is 5. The highest BCUT2D eigenvalue weighted by Gasteiger charge is 2.10. The number of rotatable bonds is 6. The fourth-order valence-electron chi connectivity index (χ4n) is 1.45. The minimum absolute atomic E-state index is 0.0867. The molecule has 0 saturated heterocycles. The molecule has 19 heavy (non-hydrogen) atoms. The summed E-state index contributed by atoms with van der Waals surface area (Å²) in [6.07, 6.45) is 0.179. The summed E-state index contributed by atoms with van der Waals surface area (Å²) in [5, 5.41) is 15.8. The van der Waals surface area contributed by atoms with E-state index in [4.69, 9.17) is 14.3 Å². The summed E-state index contributed by atoms with van der Waals surface area (Å²) in [5.41, 5.74) is 0.448. The van der Waals surface area contributed by atoms with Gasteiger partial charge in [0, 0.05) is 0 Å². The van der Waals surface area contributed by atoms with E-state index in [2.05, 4.69) is 10.2 Å². The highest BCUT2D eigenvalue weighted by Crippen LogP contribution is 2.12. The van der Waals surface area contributed by atoms with Gasteiger partial charge in [-0.2, -0.15) is 0 Å². The average molecular weight is 266 g/mol. The van der Waals surface area contributed by atoms with Gasteiger partial charge < -0.3 is 14.3 Å². The van der Waals surface area contributed by atoms with Crippen molar-refractivity contribution in [3.63, 3.8) is 0 Å². The van der Waals surface area contributed by atoms with Crippen molar-refractivity contribution >= 4 is 5.97 Å². The number of aliphatic carboxylic acids is 1. The molecular weight excluding hydrogens is 255 g/mol. The van der Waals surface area contributed by atoms with E-state index < -0.39 is 12.6 Å². The van der Waals surface area contributed by atoms with E-state index in [-0.39, 0.29) is 30.6 Å². The second kappa shape index (κ2) is 6.05. The van der Waals surface area contributed by atoms with Gasteiger partial charge in [-0.15, -0.1) is 10.2 Å². The average Bonchev–Trinajstić information content (AvgIpc) is 2.79. The number of carboxylic acids is 1. The summed E-state index contributed by atoms with van der Waals surface area (Å²) in [6, 6.07) is 6.28. The number of ether oxygens (including phenoxy) is 1. The first-order valence-corrected chi connectivity index (χ1v) is 5.49. The lowest BCUT2D eigenvalue weighted by atomic mass is 10.1. The Morgan fingerprint density at radius 1 is 1.32 bits per heavy atom. The standard InChI is InChI=1S/C12H11FN2O4/c13-9-4-2-1-3-8(9)5-10-14-15-11(19-10)6-18-7-12(16)17/h1-4H,5-7H2,(H,16,17). The molecule has 7 heteroatoms. The van der Waals surface area contributed by atoms with Crippen LogP contribution in [0.5, 0.6) is 0 Å². The molecule has 2 aromatic rings. The topological polar surface area (TPSA) is 85.5 Å². The lowest BCUT2D eigenvalue weighted by Gasteiger charge is -1.98. The van der Waals surface area contributed by atoms with E-state index in [0.29, 0.717) is 5.56 Å². The third-order valence-corrected chi connectivity index (χ3v) is 2.26. The number of carbonyl (C=O) groups is 1. The SMILES string of the molecule is O=C(O)COCc1nnc(Cc2ccccc2F)o1. The molecular formula is C12H11FN2O4. The molecule has 0 aliphatic carbocycles. The molecule has 1 aromatic heterocycles. The Bertz CT molecular complexity index is 570. The van der Waals surface area contributed by atoms with E-state index in [0.717, 1.165) is 0 Å². The molecule has 1 aromatic carbocycles.